The van der Waals surface area contributed by atoms with Crippen LogP contribution in [0.25, 0.3) is 0 Å². The van der Waals surface area contributed by atoms with Gasteiger partial charge in [0, 0.05) is 14.1 Å². The van der Waals surface area contributed by atoms with E-state index in [1.807, 2.05) is 30.3 Å². The van der Waals surface area contributed by atoms with Gasteiger partial charge in [-0.05, 0) is 5.56 Å². The largest absolute Gasteiger partial charge is 0.459 e. The van der Waals surface area contributed by atoms with Gasteiger partial charge in [0.2, 0.25) is 5.91 Å². The van der Waals surface area contributed by atoms with E-state index in [2.05, 4.69) is 0 Å². The van der Waals surface area contributed by atoms with Crippen LogP contribution in [0.1, 0.15) is 12.5 Å². The predicted molar refractivity (Wildman–Crippen MR) is 75.1 cm³/mol. The molecule has 1 aromatic carbocycles. The molecule has 0 spiro atoms. The molecule has 21 heavy (non-hydrogen) atoms. The molecule has 6 nitrogen and oxygen atoms in total. The van der Waals surface area contributed by atoms with E-state index in [9.17, 15) is 14.4 Å². The molecule has 0 N–H and O–H groups in total. The number of rotatable bonds is 3. The van der Waals surface area contributed by atoms with Crippen LogP contribution in [0.15, 0.2) is 30.3 Å². The molecule has 1 saturated heterocycles. The number of likely N-dealkylation sites (N-methyl/N-ethyl adjacent to an activating group) is 1. The Balaban J connectivity index is 2.07. The number of hydrogen-bond acceptors (Lipinski definition) is 4. The highest BCUT2D eigenvalue weighted by atomic mass is 16.5. The van der Waals surface area contributed by atoms with Crippen molar-refractivity contribution in [2.24, 2.45) is 5.92 Å². The Hall–Kier alpha value is -2.37. The van der Waals surface area contributed by atoms with Crippen LogP contribution in [-0.2, 0) is 20.9 Å². The minimum atomic E-state index is -0.884. The standard InChI is InChI=1S/C15H18N2O4/c1-10-12(16(2)15(20)17(3)13(10)18)14(19)21-9-11-7-5-4-6-8-11/h4-8,10,12H,9H2,1-3H3. The van der Waals surface area contributed by atoms with Gasteiger partial charge in [0.15, 0.2) is 0 Å². The van der Waals surface area contributed by atoms with Gasteiger partial charge in [0.05, 0.1) is 5.92 Å². The fraction of sp³-hybridized carbons (Fsp3) is 0.400. The van der Waals surface area contributed by atoms with Crippen LogP contribution in [0.2, 0.25) is 0 Å². The molecule has 1 aromatic rings. The number of amides is 3. The van der Waals surface area contributed by atoms with Gasteiger partial charge >= 0.3 is 12.0 Å². The van der Waals surface area contributed by atoms with Gasteiger partial charge in [-0.3, -0.25) is 9.69 Å². The van der Waals surface area contributed by atoms with Gasteiger partial charge in [0.25, 0.3) is 0 Å². The number of imide groups is 1. The molecule has 112 valence electrons. The third-order valence-corrected chi connectivity index (χ3v) is 3.67. The van der Waals surface area contributed by atoms with Crippen molar-refractivity contribution >= 4 is 17.9 Å². The summed E-state index contributed by atoms with van der Waals surface area (Å²) in [5, 5.41) is 0. The number of carbonyl (C=O) groups excluding carboxylic acids is 3. The van der Waals surface area contributed by atoms with Crippen LogP contribution in [0.5, 0.6) is 0 Å². The summed E-state index contributed by atoms with van der Waals surface area (Å²) >= 11 is 0. The third kappa shape index (κ3) is 2.89. The monoisotopic (exact) mass is 290 g/mol. The summed E-state index contributed by atoms with van der Waals surface area (Å²) in [6, 6.07) is 7.86. The quantitative estimate of drug-likeness (QED) is 0.786. The van der Waals surface area contributed by atoms with E-state index < -0.39 is 24.0 Å². The van der Waals surface area contributed by atoms with Gasteiger partial charge in [-0.15, -0.1) is 0 Å². The summed E-state index contributed by atoms with van der Waals surface area (Å²) in [6.07, 6.45) is 0. The molecule has 2 rings (SSSR count). The Labute approximate surface area is 123 Å². The van der Waals surface area contributed by atoms with E-state index in [1.165, 1.54) is 19.0 Å². The second kappa shape index (κ2) is 5.95. The van der Waals surface area contributed by atoms with E-state index in [1.54, 1.807) is 6.92 Å². The van der Waals surface area contributed by atoms with Gasteiger partial charge in [-0.1, -0.05) is 37.3 Å². The summed E-state index contributed by atoms with van der Waals surface area (Å²) in [4.78, 5) is 38.3. The van der Waals surface area contributed by atoms with E-state index in [0.717, 1.165) is 10.5 Å². The number of hydrogen-bond donors (Lipinski definition) is 0. The lowest BCUT2D eigenvalue weighted by atomic mass is 9.97. The lowest BCUT2D eigenvalue weighted by molar-refractivity contribution is -0.158. The highest BCUT2D eigenvalue weighted by Crippen LogP contribution is 2.22. The Kier molecular flexibility index (Phi) is 4.26. The van der Waals surface area contributed by atoms with Crippen molar-refractivity contribution in [2.75, 3.05) is 14.1 Å². The molecule has 0 aliphatic carbocycles. The fourth-order valence-electron chi connectivity index (χ4n) is 2.40. The number of esters is 1. The zero-order valence-corrected chi connectivity index (χ0v) is 12.3. The molecule has 1 fully saturated rings. The topological polar surface area (TPSA) is 66.9 Å². The number of ether oxygens (including phenoxy) is 1. The Morgan fingerprint density at radius 1 is 1.19 bits per heavy atom. The van der Waals surface area contributed by atoms with Crippen LogP contribution >= 0.6 is 0 Å². The molecule has 1 aliphatic heterocycles. The lowest BCUT2D eigenvalue weighted by Crippen LogP contribution is -2.61. The minimum absolute atomic E-state index is 0.120. The van der Waals surface area contributed by atoms with E-state index >= 15 is 0 Å². The van der Waals surface area contributed by atoms with Crippen LogP contribution < -0.4 is 0 Å². The molecule has 1 aliphatic rings. The van der Waals surface area contributed by atoms with Crippen molar-refractivity contribution < 1.29 is 19.1 Å². The Morgan fingerprint density at radius 2 is 1.81 bits per heavy atom. The van der Waals surface area contributed by atoms with E-state index in [-0.39, 0.29) is 12.5 Å². The molecule has 0 saturated carbocycles. The summed E-state index contributed by atoms with van der Waals surface area (Å²) in [5.74, 6) is -1.57. The van der Waals surface area contributed by atoms with Crippen molar-refractivity contribution in [3.05, 3.63) is 35.9 Å². The van der Waals surface area contributed by atoms with E-state index in [4.69, 9.17) is 4.74 Å². The summed E-state index contributed by atoms with van der Waals surface area (Å²) < 4.78 is 5.24. The summed E-state index contributed by atoms with van der Waals surface area (Å²) in [5.41, 5.74) is 0.853. The summed E-state index contributed by atoms with van der Waals surface area (Å²) in [6.45, 7) is 1.74. The third-order valence-electron chi connectivity index (χ3n) is 3.67. The number of urea groups is 1. The molecular weight excluding hydrogens is 272 g/mol. The molecule has 0 aromatic heterocycles. The first-order chi connectivity index (χ1) is 9.93. The highest BCUT2D eigenvalue weighted by Gasteiger charge is 2.45. The average molecular weight is 290 g/mol. The minimum Gasteiger partial charge on any atom is -0.459 e. The molecule has 0 radical (unpaired) electrons. The van der Waals surface area contributed by atoms with Crippen LogP contribution in [-0.4, -0.2) is 47.8 Å². The molecule has 0 bridgehead atoms. The SMILES string of the molecule is CC1C(=O)N(C)C(=O)N(C)C1C(=O)OCc1ccccc1. The van der Waals surface area contributed by atoms with Crippen molar-refractivity contribution in [1.82, 2.24) is 9.80 Å². The molecule has 1 heterocycles. The second-order valence-electron chi connectivity index (χ2n) is 5.12. The maximum atomic E-state index is 12.2. The number of nitrogens with zero attached hydrogens (tertiary/aromatic N) is 2. The van der Waals surface area contributed by atoms with Gasteiger partial charge in [-0.2, -0.15) is 0 Å². The summed E-state index contributed by atoms with van der Waals surface area (Å²) in [7, 11) is 2.90. The van der Waals surface area contributed by atoms with Crippen molar-refractivity contribution in [2.45, 2.75) is 19.6 Å². The normalized spacial score (nSPS) is 22.4. The number of benzene rings is 1. The molecule has 2 atom stereocenters. The second-order valence-corrected chi connectivity index (χ2v) is 5.12. The zero-order chi connectivity index (χ0) is 15.6. The van der Waals surface area contributed by atoms with Crippen LogP contribution in [0.3, 0.4) is 0 Å². The molecule has 3 amide bonds. The van der Waals surface area contributed by atoms with Crippen molar-refractivity contribution in [1.29, 1.82) is 0 Å². The van der Waals surface area contributed by atoms with Gasteiger partial charge < -0.3 is 9.64 Å². The fourth-order valence-corrected chi connectivity index (χ4v) is 2.40. The van der Waals surface area contributed by atoms with Crippen molar-refractivity contribution in [3.8, 4) is 0 Å². The van der Waals surface area contributed by atoms with Gasteiger partial charge in [0.1, 0.15) is 12.6 Å². The Bertz CT molecular complexity index is 536. The first kappa shape index (κ1) is 15.0. The first-order valence-corrected chi connectivity index (χ1v) is 6.68. The van der Waals surface area contributed by atoms with Crippen LogP contribution in [0.4, 0.5) is 4.79 Å². The Morgan fingerprint density at radius 3 is 2.43 bits per heavy atom. The zero-order valence-electron chi connectivity index (χ0n) is 12.3. The van der Waals surface area contributed by atoms with Crippen LogP contribution in [0, 0.1) is 5.92 Å². The number of carbonyl (C=O) groups is 3. The highest BCUT2D eigenvalue weighted by molar-refractivity contribution is 6.02. The smallest absolute Gasteiger partial charge is 0.330 e. The molecule has 2 unspecified atom stereocenters. The van der Waals surface area contributed by atoms with E-state index in [0.29, 0.717) is 0 Å². The van der Waals surface area contributed by atoms with Crippen molar-refractivity contribution in [3.63, 3.8) is 0 Å². The molecular formula is C15H18N2O4. The molecule has 6 heteroatoms. The maximum absolute atomic E-state index is 12.2. The predicted octanol–water partition coefficient (Wildman–Crippen LogP) is 1.26. The lowest BCUT2D eigenvalue weighted by Gasteiger charge is -2.38. The maximum Gasteiger partial charge on any atom is 0.330 e. The average Bonchev–Trinajstić information content (AvgIpc) is 2.50. The first-order valence-electron chi connectivity index (χ1n) is 6.68. The van der Waals surface area contributed by atoms with Gasteiger partial charge in [-0.25, -0.2) is 9.59 Å².